The van der Waals surface area contributed by atoms with Gasteiger partial charge in [0.1, 0.15) is 5.82 Å². The smallest absolute Gasteiger partial charge is 0.365 e. The number of nitrogens with zero attached hydrogens (tertiary/aromatic N) is 2. The number of rotatable bonds is 3. The molecule has 1 aromatic heterocycles. The highest BCUT2D eigenvalue weighted by molar-refractivity contribution is 6.18. The fourth-order valence-electron chi connectivity index (χ4n) is 0.851. The minimum atomic E-state index is -4.45. The first-order valence-corrected chi connectivity index (χ1v) is 4.70. The molecule has 1 aromatic rings. The van der Waals surface area contributed by atoms with Gasteiger partial charge in [-0.2, -0.15) is 13.2 Å². The molecule has 0 saturated heterocycles. The van der Waals surface area contributed by atoms with Crippen molar-refractivity contribution in [3.8, 4) is 0 Å². The summed E-state index contributed by atoms with van der Waals surface area (Å²) in [7, 11) is 0. The fourth-order valence-corrected chi connectivity index (χ4v) is 0.929. The minimum absolute atomic E-state index is 0.0716. The summed E-state index contributed by atoms with van der Waals surface area (Å²) >= 11 is 5.52. The molecule has 0 aliphatic heterocycles. The zero-order valence-electron chi connectivity index (χ0n) is 7.85. The average Bonchev–Trinajstić information content (AvgIpc) is 2.17. The lowest BCUT2D eigenvalue weighted by Crippen LogP contribution is -2.18. The predicted molar refractivity (Wildman–Crippen MR) is 50.8 cm³/mol. The maximum absolute atomic E-state index is 12.1. The molecule has 0 amide bonds. The zero-order chi connectivity index (χ0) is 11.5. The summed E-state index contributed by atoms with van der Waals surface area (Å²) < 4.78 is 36.3. The summed E-state index contributed by atoms with van der Waals surface area (Å²) in [4.78, 5) is 0. The molecule has 1 N–H and O–H groups in total. The molecule has 3 nitrogen and oxygen atoms in total. The molecule has 1 rings (SSSR count). The Labute approximate surface area is 89.6 Å². The van der Waals surface area contributed by atoms with Crippen LogP contribution in [0.5, 0.6) is 0 Å². The van der Waals surface area contributed by atoms with Crippen molar-refractivity contribution in [3.05, 3.63) is 17.8 Å². The van der Waals surface area contributed by atoms with E-state index in [1.807, 2.05) is 0 Å². The summed E-state index contributed by atoms with van der Waals surface area (Å²) in [6, 6.07) is 2.02. The molecule has 0 aromatic carbocycles. The van der Waals surface area contributed by atoms with Gasteiger partial charge in [0.2, 0.25) is 0 Å². The number of hydrogen-bond donors (Lipinski definition) is 1. The molecular formula is C8H9ClF3N3. The van der Waals surface area contributed by atoms with Crippen LogP contribution in [0.25, 0.3) is 0 Å². The molecule has 0 fully saturated rings. The maximum atomic E-state index is 12.1. The molecule has 0 aliphatic carbocycles. The third-order valence-electron chi connectivity index (χ3n) is 1.58. The van der Waals surface area contributed by atoms with Crippen molar-refractivity contribution in [3.63, 3.8) is 0 Å². The van der Waals surface area contributed by atoms with Crippen LogP contribution in [-0.4, -0.2) is 22.1 Å². The van der Waals surface area contributed by atoms with Crippen LogP contribution in [0.2, 0.25) is 0 Å². The van der Waals surface area contributed by atoms with Gasteiger partial charge in [-0.3, -0.25) is 0 Å². The molecule has 1 atom stereocenters. The Hall–Kier alpha value is -1.04. The van der Waals surface area contributed by atoms with E-state index in [9.17, 15) is 13.2 Å². The summed E-state index contributed by atoms with van der Waals surface area (Å²) in [5, 5.41) is 9.25. The van der Waals surface area contributed by atoms with E-state index < -0.39 is 11.9 Å². The van der Waals surface area contributed by atoms with Crippen molar-refractivity contribution in [1.29, 1.82) is 0 Å². The maximum Gasteiger partial charge on any atom is 0.435 e. The van der Waals surface area contributed by atoms with Crippen molar-refractivity contribution in [1.82, 2.24) is 10.2 Å². The van der Waals surface area contributed by atoms with Crippen LogP contribution in [0, 0.1) is 0 Å². The lowest BCUT2D eigenvalue weighted by atomic mass is 10.3. The van der Waals surface area contributed by atoms with Gasteiger partial charge in [0.05, 0.1) is 0 Å². The molecule has 1 heterocycles. The van der Waals surface area contributed by atoms with Crippen LogP contribution < -0.4 is 5.32 Å². The Kier molecular flexibility index (Phi) is 3.73. The van der Waals surface area contributed by atoms with Crippen molar-refractivity contribution in [2.75, 3.05) is 11.2 Å². The van der Waals surface area contributed by atoms with Crippen molar-refractivity contribution >= 4 is 17.4 Å². The van der Waals surface area contributed by atoms with Crippen molar-refractivity contribution in [2.24, 2.45) is 0 Å². The number of anilines is 1. The second-order valence-corrected chi connectivity index (χ2v) is 3.31. The topological polar surface area (TPSA) is 37.8 Å². The van der Waals surface area contributed by atoms with Gasteiger partial charge in [0.25, 0.3) is 0 Å². The third kappa shape index (κ3) is 3.54. The molecule has 0 saturated carbocycles. The van der Waals surface area contributed by atoms with Gasteiger partial charge in [-0.15, -0.1) is 21.8 Å². The molecule has 0 radical (unpaired) electrons. The molecule has 84 valence electrons. The minimum Gasteiger partial charge on any atom is -0.365 e. The second-order valence-electron chi connectivity index (χ2n) is 3.00. The Morgan fingerprint density at radius 3 is 2.47 bits per heavy atom. The molecule has 7 heteroatoms. The van der Waals surface area contributed by atoms with E-state index in [-0.39, 0.29) is 11.9 Å². The number of alkyl halides is 4. The van der Waals surface area contributed by atoms with E-state index in [4.69, 9.17) is 11.6 Å². The van der Waals surface area contributed by atoms with Gasteiger partial charge in [-0.1, -0.05) is 0 Å². The van der Waals surface area contributed by atoms with E-state index in [0.29, 0.717) is 5.88 Å². The number of halogens is 4. The molecular weight excluding hydrogens is 231 g/mol. The summed E-state index contributed by atoms with van der Waals surface area (Å²) in [6.07, 6.45) is -4.45. The predicted octanol–water partition coefficient (Wildman–Crippen LogP) is 2.53. The van der Waals surface area contributed by atoms with E-state index >= 15 is 0 Å². The Balaban J connectivity index is 2.73. The van der Waals surface area contributed by atoms with Gasteiger partial charge in [0.15, 0.2) is 5.69 Å². The van der Waals surface area contributed by atoms with Crippen LogP contribution >= 0.6 is 11.6 Å². The molecule has 0 aliphatic rings. The molecule has 1 unspecified atom stereocenters. The Bertz CT molecular complexity index is 312. The first-order valence-electron chi connectivity index (χ1n) is 4.17. The van der Waals surface area contributed by atoms with Crippen LogP contribution in [0.3, 0.4) is 0 Å². The van der Waals surface area contributed by atoms with E-state index in [1.54, 1.807) is 6.92 Å². The summed E-state index contributed by atoms with van der Waals surface area (Å²) in [5.41, 5.74) is -1.01. The molecule has 0 spiro atoms. The summed E-state index contributed by atoms with van der Waals surface area (Å²) in [5.74, 6) is 0.610. The lowest BCUT2D eigenvalue weighted by Gasteiger charge is -2.11. The van der Waals surface area contributed by atoms with E-state index in [0.717, 1.165) is 6.07 Å². The van der Waals surface area contributed by atoms with Crippen LogP contribution in [0.4, 0.5) is 19.0 Å². The summed E-state index contributed by atoms with van der Waals surface area (Å²) in [6.45, 7) is 1.78. The van der Waals surface area contributed by atoms with E-state index in [2.05, 4.69) is 15.5 Å². The van der Waals surface area contributed by atoms with Crippen LogP contribution in [0.1, 0.15) is 12.6 Å². The standard InChI is InChI=1S/C8H9ClF3N3/c1-5(4-9)13-7-3-2-6(14-15-7)8(10,11)12/h2-3,5H,4H2,1H3,(H,13,15). The fraction of sp³-hybridized carbons (Fsp3) is 0.500. The lowest BCUT2D eigenvalue weighted by molar-refractivity contribution is -0.141. The van der Waals surface area contributed by atoms with Crippen molar-refractivity contribution in [2.45, 2.75) is 19.1 Å². The van der Waals surface area contributed by atoms with Gasteiger partial charge in [-0.25, -0.2) is 0 Å². The van der Waals surface area contributed by atoms with Gasteiger partial charge in [-0.05, 0) is 19.1 Å². The second kappa shape index (κ2) is 4.65. The normalized spacial score (nSPS) is 13.7. The third-order valence-corrected chi connectivity index (χ3v) is 2.04. The Morgan fingerprint density at radius 2 is 2.07 bits per heavy atom. The van der Waals surface area contributed by atoms with Gasteiger partial charge < -0.3 is 5.32 Å². The zero-order valence-corrected chi connectivity index (χ0v) is 8.60. The highest BCUT2D eigenvalue weighted by Gasteiger charge is 2.32. The van der Waals surface area contributed by atoms with Gasteiger partial charge >= 0.3 is 6.18 Å². The molecule has 15 heavy (non-hydrogen) atoms. The van der Waals surface area contributed by atoms with Gasteiger partial charge in [0, 0.05) is 11.9 Å². The number of aromatic nitrogens is 2. The average molecular weight is 240 g/mol. The Morgan fingerprint density at radius 1 is 1.40 bits per heavy atom. The van der Waals surface area contributed by atoms with Crippen molar-refractivity contribution < 1.29 is 13.2 Å². The van der Waals surface area contributed by atoms with Crippen LogP contribution in [-0.2, 0) is 6.18 Å². The highest BCUT2D eigenvalue weighted by Crippen LogP contribution is 2.27. The molecule has 0 bridgehead atoms. The number of hydrogen-bond acceptors (Lipinski definition) is 3. The first-order chi connectivity index (χ1) is 6.93. The first kappa shape index (κ1) is 12.0. The largest absolute Gasteiger partial charge is 0.435 e. The number of nitrogens with one attached hydrogen (secondary N) is 1. The quantitative estimate of drug-likeness (QED) is 0.824. The van der Waals surface area contributed by atoms with Crippen LogP contribution in [0.15, 0.2) is 12.1 Å². The highest BCUT2D eigenvalue weighted by atomic mass is 35.5. The van der Waals surface area contributed by atoms with E-state index in [1.165, 1.54) is 6.07 Å². The SMILES string of the molecule is CC(CCl)Nc1ccc(C(F)(F)F)nn1. The monoisotopic (exact) mass is 239 g/mol.